The number of aryl methyl sites for hydroxylation is 1. The molecule has 5 heteroatoms. The fourth-order valence-electron chi connectivity index (χ4n) is 2.97. The van der Waals surface area contributed by atoms with Gasteiger partial charge in [-0.05, 0) is 49.9 Å². The Morgan fingerprint density at radius 1 is 1.27 bits per heavy atom. The molecule has 0 aliphatic heterocycles. The monoisotopic (exact) mass is 303 g/mol. The molecule has 1 aliphatic carbocycles. The van der Waals surface area contributed by atoms with Crippen LogP contribution in [0.4, 0.5) is 11.4 Å². The van der Waals surface area contributed by atoms with Crippen molar-refractivity contribution in [2.45, 2.75) is 39.5 Å². The smallest absolute Gasteiger partial charge is 0.227 e. The molecular weight excluding hydrogens is 278 g/mol. The first-order chi connectivity index (χ1) is 10.5. The van der Waals surface area contributed by atoms with Gasteiger partial charge in [0.05, 0.1) is 0 Å². The van der Waals surface area contributed by atoms with Crippen molar-refractivity contribution in [2.75, 3.05) is 17.2 Å². The molecule has 2 amide bonds. The van der Waals surface area contributed by atoms with Gasteiger partial charge in [-0.2, -0.15) is 0 Å². The molecule has 0 radical (unpaired) electrons. The van der Waals surface area contributed by atoms with Crippen LogP contribution >= 0.6 is 0 Å². The zero-order chi connectivity index (χ0) is 16.1. The Morgan fingerprint density at radius 2 is 2.05 bits per heavy atom. The fraction of sp³-hybridized carbons (Fsp3) is 0.529. The first-order valence-corrected chi connectivity index (χ1v) is 7.96. The summed E-state index contributed by atoms with van der Waals surface area (Å²) in [5, 5.41) is 5.81. The van der Waals surface area contributed by atoms with Crippen LogP contribution in [0.3, 0.4) is 0 Å². The van der Waals surface area contributed by atoms with Crippen molar-refractivity contribution in [3.05, 3.63) is 23.8 Å². The lowest BCUT2D eigenvalue weighted by molar-refractivity contribution is -0.120. The SMILES string of the molecule is CCC(=O)Nc1ccc(C)c(NC(=O)[C@@H]2CCC[C@@H]2CN)c1. The molecule has 1 fully saturated rings. The predicted octanol–water partition coefficient (Wildman–Crippen LogP) is 2.66. The van der Waals surface area contributed by atoms with Crippen LogP contribution in [0.2, 0.25) is 0 Å². The quantitative estimate of drug-likeness (QED) is 0.782. The summed E-state index contributed by atoms with van der Waals surface area (Å²) < 4.78 is 0. The summed E-state index contributed by atoms with van der Waals surface area (Å²) >= 11 is 0. The van der Waals surface area contributed by atoms with E-state index < -0.39 is 0 Å². The predicted molar refractivity (Wildman–Crippen MR) is 88.6 cm³/mol. The highest BCUT2D eigenvalue weighted by atomic mass is 16.2. The minimum atomic E-state index is -0.0416. The second-order valence-corrected chi connectivity index (χ2v) is 5.95. The van der Waals surface area contributed by atoms with Crippen molar-refractivity contribution in [3.63, 3.8) is 0 Å². The Morgan fingerprint density at radius 3 is 2.73 bits per heavy atom. The van der Waals surface area contributed by atoms with E-state index in [1.54, 1.807) is 6.92 Å². The summed E-state index contributed by atoms with van der Waals surface area (Å²) in [5.74, 6) is 0.275. The summed E-state index contributed by atoms with van der Waals surface area (Å²) in [6.45, 7) is 4.30. The molecule has 22 heavy (non-hydrogen) atoms. The molecule has 1 aromatic rings. The van der Waals surface area contributed by atoms with E-state index in [2.05, 4.69) is 10.6 Å². The number of hydrogen-bond acceptors (Lipinski definition) is 3. The first kappa shape index (κ1) is 16.5. The maximum atomic E-state index is 12.5. The van der Waals surface area contributed by atoms with E-state index in [0.29, 0.717) is 18.7 Å². The van der Waals surface area contributed by atoms with Gasteiger partial charge in [0.2, 0.25) is 11.8 Å². The summed E-state index contributed by atoms with van der Waals surface area (Å²) in [5.41, 5.74) is 8.18. The van der Waals surface area contributed by atoms with Gasteiger partial charge in [-0.1, -0.05) is 19.4 Å². The molecule has 0 heterocycles. The van der Waals surface area contributed by atoms with Crippen LogP contribution in [0.25, 0.3) is 0 Å². The number of carbonyl (C=O) groups is 2. The Kier molecular flexibility index (Phi) is 5.55. The normalized spacial score (nSPS) is 20.7. The molecule has 4 N–H and O–H groups in total. The Bertz CT molecular complexity index is 557. The van der Waals surface area contributed by atoms with Crippen molar-refractivity contribution in [1.29, 1.82) is 0 Å². The average molecular weight is 303 g/mol. The Labute approximate surface area is 131 Å². The van der Waals surface area contributed by atoms with Crippen LogP contribution in [0, 0.1) is 18.8 Å². The van der Waals surface area contributed by atoms with Crippen LogP contribution in [-0.2, 0) is 9.59 Å². The van der Waals surface area contributed by atoms with Crippen LogP contribution in [-0.4, -0.2) is 18.4 Å². The molecule has 0 aromatic heterocycles. The molecule has 1 aliphatic rings. The standard InChI is InChI=1S/C17H25N3O2/c1-3-16(21)19-13-8-7-11(2)15(9-13)20-17(22)14-6-4-5-12(14)10-18/h7-9,12,14H,3-6,10,18H2,1-2H3,(H,19,21)(H,20,22)/t12-,14-/m1/s1. The molecule has 0 bridgehead atoms. The maximum absolute atomic E-state index is 12.5. The van der Waals surface area contributed by atoms with E-state index >= 15 is 0 Å². The third-order valence-corrected chi connectivity index (χ3v) is 4.40. The van der Waals surface area contributed by atoms with Gasteiger partial charge in [0.15, 0.2) is 0 Å². The second kappa shape index (κ2) is 7.40. The van der Waals surface area contributed by atoms with Crippen LogP contribution in [0.5, 0.6) is 0 Å². The molecule has 2 rings (SSSR count). The van der Waals surface area contributed by atoms with Crippen molar-refractivity contribution in [3.8, 4) is 0 Å². The molecule has 0 saturated heterocycles. The molecule has 0 unspecified atom stereocenters. The fourth-order valence-corrected chi connectivity index (χ4v) is 2.97. The van der Waals surface area contributed by atoms with Crippen LogP contribution in [0.15, 0.2) is 18.2 Å². The highest BCUT2D eigenvalue weighted by molar-refractivity contribution is 5.95. The summed E-state index contributed by atoms with van der Waals surface area (Å²) in [6.07, 6.45) is 3.42. The van der Waals surface area contributed by atoms with Gasteiger partial charge >= 0.3 is 0 Å². The highest BCUT2D eigenvalue weighted by Crippen LogP contribution is 2.32. The topological polar surface area (TPSA) is 84.2 Å². The Balaban J connectivity index is 2.09. The van der Waals surface area contributed by atoms with Crippen LogP contribution in [0.1, 0.15) is 38.2 Å². The molecule has 1 aromatic carbocycles. The number of rotatable bonds is 5. The zero-order valence-electron chi connectivity index (χ0n) is 13.3. The lowest BCUT2D eigenvalue weighted by atomic mass is 9.95. The molecule has 0 spiro atoms. The molecule has 120 valence electrons. The van der Waals surface area contributed by atoms with Crippen molar-refractivity contribution < 1.29 is 9.59 Å². The average Bonchev–Trinajstić information content (AvgIpc) is 2.99. The third kappa shape index (κ3) is 3.85. The van der Waals surface area contributed by atoms with E-state index in [4.69, 9.17) is 5.73 Å². The molecular formula is C17H25N3O2. The first-order valence-electron chi connectivity index (χ1n) is 7.96. The van der Waals surface area contributed by atoms with E-state index in [1.165, 1.54) is 0 Å². The van der Waals surface area contributed by atoms with Gasteiger partial charge in [0.25, 0.3) is 0 Å². The molecule has 1 saturated carbocycles. The number of benzene rings is 1. The van der Waals surface area contributed by atoms with Crippen molar-refractivity contribution in [2.24, 2.45) is 17.6 Å². The number of hydrogen-bond donors (Lipinski definition) is 3. The molecule has 5 nitrogen and oxygen atoms in total. The number of carbonyl (C=O) groups excluding carboxylic acids is 2. The summed E-state index contributed by atoms with van der Waals surface area (Å²) in [4.78, 5) is 24.0. The number of nitrogens with one attached hydrogen (secondary N) is 2. The van der Waals surface area contributed by atoms with Crippen molar-refractivity contribution in [1.82, 2.24) is 0 Å². The highest BCUT2D eigenvalue weighted by Gasteiger charge is 2.32. The van der Waals surface area contributed by atoms with E-state index in [0.717, 1.165) is 30.5 Å². The second-order valence-electron chi connectivity index (χ2n) is 5.95. The van der Waals surface area contributed by atoms with E-state index in [-0.39, 0.29) is 23.7 Å². The van der Waals surface area contributed by atoms with Gasteiger partial charge in [0.1, 0.15) is 0 Å². The number of anilines is 2. The van der Waals surface area contributed by atoms with Gasteiger partial charge in [-0.15, -0.1) is 0 Å². The van der Waals surface area contributed by atoms with Gasteiger partial charge in [-0.3, -0.25) is 9.59 Å². The molecule has 2 atom stereocenters. The Hall–Kier alpha value is -1.88. The minimum absolute atomic E-state index is 0.00158. The number of amides is 2. The van der Waals surface area contributed by atoms with E-state index in [1.807, 2.05) is 25.1 Å². The lowest BCUT2D eigenvalue weighted by Gasteiger charge is -2.18. The van der Waals surface area contributed by atoms with E-state index in [9.17, 15) is 9.59 Å². The summed E-state index contributed by atoms with van der Waals surface area (Å²) in [6, 6.07) is 5.56. The largest absolute Gasteiger partial charge is 0.330 e. The summed E-state index contributed by atoms with van der Waals surface area (Å²) in [7, 11) is 0. The lowest BCUT2D eigenvalue weighted by Crippen LogP contribution is -2.30. The van der Waals surface area contributed by atoms with Gasteiger partial charge < -0.3 is 16.4 Å². The van der Waals surface area contributed by atoms with Gasteiger partial charge in [-0.25, -0.2) is 0 Å². The zero-order valence-corrected chi connectivity index (χ0v) is 13.3. The van der Waals surface area contributed by atoms with Gasteiger partial charge in [0, 0.05) is 23.7 Å². The van der Waals surface area contributed by atoms with Crippen LogP contribution < -0.4 is 16.4 Å². The maximum Gasteiger partial charge on any atom is 0.227 e. The van der Waals surface area contributed by atoms with Crippen molar-refractivity contribution >= 4 is 23.2 Å². The number of nitrogens with two attached hydrogens (primary N) is 1. The third-order valence-electron chi connectivity index (χ3n) is 4.40. The minimum Gasteiger partial charge on any atom is -0.330 e.